The fourth-order valence-corrected chi connectivity index (χ4v) is 4.19. The summed E-state index contributed by atoms with van der Waals surface area (Å²) in [6.07, 6.45) is 1.64. The molecule has 0 saturated carbocycles. The maximum absolute atomic E-state index is 12.3. The number of nitrogens with one attached hydrogen (secondary N) is 1. The Morgan fingerprint density at radius 3 is 3.04 bits per heavy atom. The Balaban J connectivity index is 1.50. The lowest BCUT2D eigenvalue weighted by Gasteiger charge is -2.21. The summed E-state index contributed by atoms with van der Waals surface area (Å²) < 4.78 is 6.70. The highest BCUT2D eigenvalue weighted by atomic mass is 32.2. The highest BCUT2D eigenvalue weighted by Gasteiger charge is 2.24. The molecule has 1 aliphatic rings. The number of aromatic nitrogens is 2. The number of ether oxygens (including phenoxy) is 1. The molecule has 4 rings (SSSR count). The van der Waals surface area contributed by atoms with Gasteiger partial charge in [0.05, 0.1) is 22.2 Å². The number of carbonyl (C=O) groups excluding carboxylic acids is 2. The van der Waals surface area contributed by atoms with Gasteiger partial charge in [-0.15, -0.1) is 23.1 Å². The van der Waals surface area contributed by atoms with E-state index in [1.165, 1.54) is 33.6 Å². The summed E-state index contributed by atoms with van der Waals surface area (Å²) in [5.74, 6) is -0.638. The summed E-state index contributed by atoms with van der Waals surface area (Å²) in [5, 5.41) is 4.38. The van der Waals surface area contributed by atoms with Crippen molar-refractivity contribution in [1.82, 2.24) is 9.38 Å². The van der Waals surface area contributed by atoms with E-state index in [-0.39, 0.29) is 23.3 Å². The molecule has 0 spiro atoms. The van der Waals surface area contributed by atoms with Crippen LogP contribution in [0.3, 0.4) is 0 Å². The smallest absolute Gasteiger partial charge is 0.338 e. The van der Waals surface area contributed by atoms with Gasteiger partial charge in [-0.1, -0.05) is 0 Å². The molecule has 0 bridgehead atoms. The van der Waals surface area contributed by atoms with Gasteiger partial charge in [-0.2, -0.15) is 0 Å². The molecule has 3 aromatic rings. The maximum Gasteiger partial charge on any atom is 0.338 e. The topological polar surface area (TPSA) is 89.8 Å². The molecule has 0 saturated heterocycles. The van der Waals surface area contributed by atoms with Crippen molar-refractivity contribution in [3.63, 3.8) is 0 Å². The Morgan fingerprint density at radius 1 is 1.35 bits per heavy atom. The van der Waals surface area contributed by atoms with E-state index in [1.54, 1.807) is 29.8 Å². The summed E-state index contributed by atoms with van der Waals surface area (Å²) >= 11 is 2.78. The molecule has 3 heterocycles. The molecule has 0 aliphatic carbocycles. The number of esters is 1. The van der Waals surface area contributed by atoms with E-state index in [0.29, 0.717) is 21.9 Å². The molecular formula is C17H13N3O4S2. The molecule has 1 aromatic carbocycles. The minimum atomic E-state index is -0.543. The quantitative estimate of drug-likeness (QED) is 0.695. The van der Waals surface area contributed by atoms with E-state index in [9.17, 15) is 14.4 Å². The van der Waals surface area contributed by atoms with Crippen LogP contribution in [0.1, 0.15) is 23.0 Å². The van der Waals surface area contributed by atoms with E-state index >= 15 is 0 Å². The Hall–Kier alpha value is -2.65. The first-order valence-electron chi connectivity index (χ1n) is 7.76. The average molecular weight is 387 g/mol. The maximum atomic E-state index is 12.3. The normalized spacial score (nSPS) is 16.2. The van der Waals surface area contributed by atoms with Gasteiger partial charge in [0.25, 0.3) is 5.56 Å². The molecule has 0 radical (unpaired) electrons. The summed E-state index contributed by atoms with van der Waals surface area (Å²) in [4.78, 5) is 41.8. The molecule has 132 valence electrons. The van der Waals surface area contributed by atoms with E-state index in [4.69, 9.17) is 4.74 Å². The van der Waals surface area contributed by atoms with Crippen molar-refractivity contribution in [2.45, 2.75) is 23.7 Å². The van der Waals surface area contributed by atoms with Crippen LogP contribution in [0, 0.1) is 0 Å². The number of fused-ring (bicyclic) bond motifs is 2. The summed E-state index contributed by atoms with van der Waals surface area (Å²) in [6.45, 7) is 1.72. The van der Waals surface area contributed by atoms with Crippen LogP contribution in [0.2, 0.25) is 0 Å². The van der Waals surface area contributed by atoms with E-state index in [1.807, 2.05) is 6.92 Å². The van der Waals surface area contributed by atoms with Crippen LogP contribution in [0.5, 0.6) is 0 Å². The number of anilines is 1. The monoisotopic (exact) mass is 387 g/mol. The zero-order valence-corrected chi connectivity index (χ0v) is 15.2. The van der Waals surface area contributed by atoms with Crippen molar-refractivity contribution in [2.24, 2.45) is 0 Å². The van der Waals surface area contributed by atoms with Gasteiger partial charge in [-0.25, -0.2) is 9.78 Å². The minimum Gasteiger partial charge on any atom is -0.456 e. The zero-order valence-electron chi connectivity index (χ0n) is 13.6. The van der Waals surface area contributed by atoms with Crippen molar-refractivity contribution in [3.05, 3.63) is 57.5 Å². The molecule has 26 heavy (non-hydrogen) atoms. The van der Waals surface area contributed by atoms with E-state index < -0.39 is 5.97 Å². The molecule has 1 amide bonds. The van der Waals surface area contributed by atoms with Gasteiger partial charge in [-0.05, 0) is 25.1 Å². The van der Waals surface area contributed by atoms with E-state index in [2.05, 4.69) is 10.3 Å². The molecule has 9 heteroatoms. The third-order valence-corrected chi connectivity index (χ3v) is 5.79. The summed E-state index contributed by atoms with van der Waals surface area (Å²) in [5.41, 5.74) is 1.10. The number of thiazole rings is 1. The Kier molecular flexibility index (Phi) is 4.25. The number of nitrogens with zero attached hydrogens (tertiary/aromatic N) is 2. The summed E-state index contributed by atoms with van der Waals surface area (Å²) in [7, 11) is 0. The number of benzene rings is 1. The van der Waals surface area contributed by atoms with Gasteiger partial charge >= 0.3 is 5.97 Å². The number of thioether (sulfide) groups is 1. The first-order chi connectivity index (χ1) is 12.5. The lowest BCUT2D eigenvalue weighted by molar-refractivity contribution is -0.115. The SMILES string of the molecule is C[C@H]1Sc2ccc(C(=O)OCc3cc(=O)n4ccsc4n3)cc2NC1=O. The van der Waals surface area contributed by atoms with Crippen molar-refractivity contribution >= 4 is 45.6 Å². The number of rotatable bonds is 3. The average Bonchev–Trinajstić information content (AvgIpc) is 3.09. The highest BCUT2D eigenvalue weighted by molar-refractivity contribution is 8.00. The number of hydrogen-bond acceptors (Lipinski definition) is 7. The predicted molar refractivity (Wildman–Crippen MR) is 98.8 cm³/mol. The summed E-state index contributed by atoms with van der Waals surface area (Å²) in [6, 6.07) is 6.38. The first-order valence-corrected chi connectivity index (χ1v) is 9.52. The van der Waals surface area contributed by atoms with Crippen LogP contribution < -0.4 is 10.9 Å². The van der Waals surface area contributed by atoms with Crippen LogP contribution in [0.25, 0.3) is 4.96 Å². The molecular weight excluding hydrogens is 374 g/mol. The lowest BCUT2D eigenvalue weighted by atomic mass is 10.2. The number of hydrogen-bond donors (Lipinski definition) is 1. The third kappa shape index (κ3) is 3.11. The molecule has 1 aliphatic heterocycles. The Labute approximate surface area is 156 Å². The van der Waals surface area contributed by atoms with Crippen LogP contribution in [-0.4, -0.2) is 26.5 Å². The van der Waals surface area contributed by atoms with Crippen molar-refractivity contribution in [1.29, 1.82) is 0 Å². The molecule has 2 aromatic heterocycles. The predicted octanol–water partition coefficient (Wildman–Crippen LogP) is 2.55. The van der Waals surface area contributed by atoms with Gasteiger partial charge in [0.2, 0.25) is 5.91 Å². The van der Waals surface area contributed by atoms with Crippen molar-refractivity contribution in [3.8, 4) is 0 Å². The Morgan fingerprint density at radius 2 is 2.19 bits per heavy atom. The lowest BCUT2D eigenvalue weighted by Crippen LogP contribution is -2.26. The zero-order chi connectivity index (χ0) is 18.3. The van der Waals surface area contributed by atoms with Gasteiger partial charge < -0.3 is 10.1 Å². The minimum absolute atomic E-state index is 0.0954. The molecule has 1 N–H and O–H groups in total. The standard InChI is InChI=1S/C17H13N3O4S2/c1-9-15(22)19-12-6-10(2-3-13(12)26-9)16(23)24-8-11-7-14(21)20-4-5-25-17(20)18-11/h2-7,9H,8H2,1H3,(H,19,22)/t9-/m1/s1. The van der Waals surface area contributed by atoms with Gasteiger partial charge in [0, 0.05) is 22.5 Å². The van der Waals surface area contributed by atoms with Crippen LogP contribution in [-0.2, 0) is 16.1 Å². The van der Waals surface area contributed by atoms with Crippen LogP contribution >= 0.6 is 23.1 Å². The largest absolute Gasteiger partial charge is 0.456 e. The van der Waals surface area contributed by atoms with Gasteiger partial charge in [0.15, 0.2) is 4.96 Å². The number of carbonyl (C=O) groups is 2. The first kappa shape index (κ1) is 16.8. The highest BCUT2D eigenvalue weighted by Crippen LogP contribution is 2.36. The molecule has 0 unspecified atom stereocenters. The van der Waals surface area contributed by atoms with Crippen molar-refractivity contribution in [2.75, 3.05) is 5.32 Å². The van der Waals surface area contributed by atoms with Crippen molar-refractivity contribution < 1.29 is 14.3 Å². The van der Waals surface area contributed by atoms with Crippen LogP contribution in [0.4, 0.5) is 5.69 Å². The van der Waals surface area contributed by atoms with Crippen LogP contribution in [0.15, 0.2) is 45.5 Å². The second-order valence-electron chi connectivity index (χ2n) is 5.68. The number of amides is 1. The molecule has 7 nitrogen and oxygen atoms in total. The van der Waals surface area contributed by atoms with Gasteiger partial charge in [0.1, 0.15) is 6.61 Å². The van der Waals surface area contributed by atoms with E-state index in [0.717, 1.165) is 4.90 Å². The second-order valence-corrected chi connectivity index (χ2v) is 7.93. The molecule has 0 fully saturated rings. The van der Waals surface area contributed by atoms with Gasteiger partial charge in [-0.3, -0.25) is 14.0 Å². The second kappa shape index (κ2) is 6.58. The molecule has 1 atom stereocenters. The third-order valence-electron chi connectivity index (χ3n) is 3.85. The fraction of sp³-hybridized carbons (Fsp3) is 0.176. The fourth-order valence-electron chi connectivity index (χ4n) is 2.52. The Bertz CT molecular complexity index is 1090.